The number of rotatable bonds is 7. The van der Waals surface area contributed by atoms with Gasteiger partial charge < -0.3 is 24.2 Å². The molecule has 0 spiro atoms. The van der Waals surface area contributed by atoms with Gasteiger partial charge in [-0.05, 0) is 45.0 Å². The normalized spacial score (nSPS) is 20.0. The summed E-state index contributed by atoms with van der Waals surface area (Å²) in [6.07, 6.45) is 2.59. The molecule has 158 valence electrons. The highest BCUT2D eigenvalue weighted by Crippen LogP contribution is 2.27. The minimum absolute atomic E-state index is 0.0502. The van der Waals surface area contributed by atoms with E-state index in [9.17, 15) is 9.90 Å². The van der Waals surface area contributed by atoms with E-state index in [1.54, 1.807) is 7.11 Å². The Kier molecular flexibility index (Phi) is 7.22. The zero-order chi connectivity index (χ0) is 20.8. The van der Waals surface area contributed by atoms with Crippen LogP contribution in [0.15, 0.2) is 28.8 Å². The average Bonchev–Trinajstić information content (AvgIpc) is 3.09. The Labute approximate surface area is 171 Å². The van der Waals surface area contributed by atoms with Crippen LogP contribution in [0.25, 0.3) is 11.4 Å². The lowest BCUT2D eigenvalue weighted by molar-refractivity contribution is -0.132. The van der Waals surface area contributed by atoms with Crippen molar-refractivity contribution in [3.63, 3.8) is 0 Å². The third-order valence-electron chi connectivity index (χ3n) is 5.53. The minimum Gasteiger partial charge on any atom is -0.496 e. The second kappa shape index (κ2) is 9.84. The molecule has 1 aliphatic heterocycles. The molecule has 0 radical (unpaired) electrons. The van der Waals surface area contributed by atoms with Crippen LogP contribution in [0, 0.1) is 5.92 Å². The number of aliphatic hydroxyl groups is 1. The number of hydrogen-bond donors (Lipinski definition) is 1. The number of aryl methyl sites for hydroxylation is 1. The van der Waals surface area contributed by atoms with Crippen molar-refractivity contribution in [1.82, 2.24) is 19.9 Å². The Morgan fingerprint density at radius 3 is 2.83 bits per heavy atom. The van der Waals surface area contributed by atoms with Crippen molar-refractivity contribution in [3.05, 3.63) is 30.2 Å². The lowest BCUT2D eigenvalue weighted by Crippen LogP contribution is -2.42. The van der Waals surface area contributed by atoms with Gasteiger partial charge in [0.1, 0.15) is 5.75 Å². The maximum atomic E-state index is 12.8. The topological polar surface area (TPSA) is 91.9 Å². The lowest BCUT2D eigenvalue weighted by Gasteiger charge is -2.29. The van der Waals surface area contributed by atoms with E-state index in [4.69, 9.17) is 9.26 Å². The number of hydrogen-bond acceptors (Lipinski definition) is 7. The number of para-hydroxylation sites is 1. The second-order valence-corrected chi connectivity index (χ2v) is 7.75. The summed E-state index contributed by atoms with van der Waals surface area (Å²) in [6, 6.07) is 7.77. The first-order chi connectivity index (χ1) is 14.0. The van der Waals surface area contributed by atoms with Crippen LogP contribution in [0.4, 0.5) is 0 Å². The summed E-state index contributed by atoms with van der Waals surface area (Å²) in [7, 11) is 5.66. The second-order valence-electron chi connectivity index (χ2n) is 7.75. The van der Waals surface area contributed by atoms with Crippen LogP contribution in [0.5, 0.6) is 5.75 Å². The van der Waals surface area contributed by atoms with Crippen molar-refractivity contribution in [3.8, 4) is 17.1 Å². The molecule has 0 unspecified atom stereocenters. The summed E-state index contributed by atoms with van der Waals surface area (Å²) in [5, 5.41) is 13.6. The molecule has 1 saturated heterocycles. The molecule has 8 heteroatoms. The zero-order valence-electron chi connectivity index (χ0n) is 17.4. The molecule has 1 aliphatic rings. The Morgan fingerprint density at radius 1 is 1.31 bits per heavy atom. The third kappa shape index (κ3) is 5.33. The van der Waals surface area contributed by atoms with Gasteiger partial charge in [0, 0.05) is 38.6 Å². The van der Waals surface area contributed by atoms with E-state index in [-0.39, 0.29) is 18.4 Å². The molecule has 3 rings (SSSR count). The van der Waals surface area contributed by atoms with E-state index < -0.39 is 0 Å². The largest absolute Gasteiger partial charge is 0.496 e. The molecule has 1 aromatic carbocycles. The number of benzene rings is 1. The molecule has 0 saturated carbocycles. The molecule has 1 N–H and O–H groups in total. The summed E-state index contributed by atoms with van der Waals surface area (Å²) in [4.78, 5) is 21.3. The summed E-state index contributed by atoms with van der Waals surface area (Å²) in [6.45, 7) is 1.38. The molecule has 2 heterocycles. The summed E-state index contributed by atoms with van der Waals surface area (Å²) >= 11 is 0. The predicted molar refractivity (Wildman–Crippen MR) is 108 cm³/mol. The number of aromatic nitrogens is 2. The molecule has 1 fully saturated rings. The number of carbonyl (C=O) groups excluding carboxylic acids is 1. The number of ether oxygens (including phenoxy) is 1. The van der Waals surface area contributed by atoms with Gasteiger partial charge in [0.05, 0.1) is 12.7 Å². The standard InChI is InChI=1S/C21H30N4O4/c1-24(2)16-9-8-15(14-26)12-25(13-16)20(27)11-10-19-22-21(23-29-19)17-6-4-5-7-18(17)28-3/h4-7,15-16,26H,8-14H2,1-3H3/t15-,16+/m0/s1. The van der Waals surface area contributed by atoms with Crippen LogP contribution in [0.1, 0.15) is 25.2 Å². The highest BCUT2D eigenvalue weighted by molar-refractivity contribution is 5.76. The number of methoxy groups -OCH3 is 1. The average molecular weight is 402 g/mol. The minimum atomic E-state index is 0.0502. The van der Waals surface area contributed by atoms with E-state index in [0.29, 0.717) is 49.4 Å². The Bertz CT molecular complexity index is 807. The highest BCUT2D eigenvalue weighted by atomic mass is 16.5. The lowest BCUT2D eigenvalue weighted by atomic mass is 10.0. The molecule has 2 atom stereocenters. The Hall–Kier alpha value is -2.45. The fraction of sp³-hybridized carbons (Fsp3) is 0.571. The Balaban J connectivity index is 1.63. The van der Waals surface area contributed by atoms with E-state index >= 15 is 0 Å². The summed E-state index contributed by atoms with van der Waals surface area (Å²) in [5.74, 6) is 1.73. The molecule has 29 heavy (non-hydrogen) atoms. The first-order valence-corrected chi connectivity index (χ1v) is 10.0. The summed E-state index contributed by atoms with van der Waals surface area (Å²) < 4.78 is 10.7. The van der Waals surface area contributed by atoms with E-state index in [1.807, 2.05) is 43.3 Å². The van der Waals surface area contributed by atoms with E-state index in [2.05, 4.69) is 15.0 Å². The van der Waals surface area contributed by atoms with Crippen LogP contribution in [-0.2, 0) is 11.2 Å². The van der Waals surface area contributed by atoms with Crippen molar-refractivity contribution < 1.29 is 19.2 Å². The van der Waals surface area contributed by atoms with Gasteiger partial charge in [-0.15, -0.1) is 0 Å². The molecule has 1 aromatic heterocycles. The quantitative estimate of drug-likeness (QED) is 0.755. The van der Waals surface area contributed by atoms with Gasteiger partial charge in [-0.1, -0.05) is 17.3 Å². The smallest absolute Gasteiger partial charge is 0.227 e. The Morgan fingerprint density at radius 2 is 2.10 bits per heavy atom. The van der Waals surface area contributed by atoms with Crippen molar-refractivity contribution in [2.24, 2.45) is 5.92 Å². The van der Waals surface area contributed by atoms with Crippen LogP contribution in [-0.4, -0.2) is 77.9 Å². The van der Waals surface area contributed by atoms with Crippen LogP contribution < -0.4 is 4.74 Å². The van der Waals surface area contributed by atoms with Gasteiger partial charge in [0.2, 0.25) is 17.6 Å². The molecule has 8 nitrogen and oxygen atoms in total. The molecular weight excluding hydrogens is 372 g/mol. The fourth-order valence-corrected chi connectivity index (χ4v) is 3.69. The van der Waals surface area contributed by atoms with Gasteiger partial charge >= 0.3 is 0 Å². The number of carbonyl (C=O) groups is 1. The van der Waals surface area contributed by atoms with Gasteiger partial charge in [-0.2, -0.15) is 4.98 Å². The number of aliphatic hydroxyl groups excluding tert-OH is 1. The monoisotopic (exact) mass is 402 g/mol. The number of likely N-dealkylation sites (N-methyl/N-ethyl adjacent to an activating group) is 1. The van der Waals surface area contributed by atoms with Gasteiger partial charge in [0.15, 0.2) is 0 Å². The van der Waals surface area contributed by atoms with Gasteiger partial charge in [-0.3, -0.25) is 4.79 Å². The number of nitrogens with zero attached hydrogens (tertiary/aromatic N) is 4. The maximum Gasteiger partial charge on any atom is 0.227 e. The molecule has 0 bridgehead atoms. The predicted octanol–water partition coefficient (Wildman–Crippen LogP) is 1.84. The molecule has 2 aromatic rings. The third-order valence-corrected chi connectivity index (χ3v) is 5.53. The van der Waals surface area contributed by atoms with Crippen molar-refractivity contribution in [1.29, 1.82) is 0 Å². The van der Waals surface area contributed by atoms with Crippen molar-refractivity contribution >= 4 is 5.91 Å². The maximum absolute atomic E-state index is 12.8. The van der Waals surface area contributed by atoms with E-state index in [0.717, 1.165) is 18.4 Å². The first-order valence-electron chi connectivity index (χ1n) is 10.0. The van der Waals surface area contributed by atoms with Crippen LogP contribution in [0.3, 0.4) is 0 Å². The van der Waals surface area contributed by atoms with Gasteiger partial charge in [0.25, 0.3) is 0 Å². The summed E-state index contributed by atoms with van der Waals surface area (Å²) in [5.41, 5.74) is 0.753. The van der Waals surface area contributed by atoms with Crippen molar-refractivity contribution in [2.75, 3.05) is 40.9 Å². The first kappa shape index (κ1) is 21.3. The fourth-order valence-electron chi connectivity index (χ4n) is 3.69. The molecule has 1 amide bonds. The van der Waals surface area contributed by atoms with Gasteiger partial charge in [-0.25, -0.2) is 0 Å². The number of likely N-dealkylation sites (tertiary alicyclic amines) is 1. The van der Waals surface area contributed by atoms with Crippen LogP contribution >= 0.6 is 0 Å². The highest BCUT2D eigenvalue weighted by Gasteiger charge is 2.28. The molecular formula is C21H30N4O4. The zero-order valence-corrected chi connectivity index (χ0v) is 17.4. The number of amides is 1. The van der Waals surface area contributed by atoms with Crippen molar-refractivity contribution in [2.45, 2.75) is 31.7 Å². The van der Waals surface area contributed by atoms with Crippen LogP contribution in [0.2, 0.25) is 0 Å². The van der Waals surface area contributed by atoms with E-state index in [1.165, 1.54) is 0 Å². The molecule has 0 aliphatic carbocycles. The SMILES string of the molecule is COc1ccccc1-c1noc(CCC(=O)N2C[C@@H](CO)CC[C@@H](N(C)C)C2)n1.